The van der Waals surface area contributed by atoms with Crippen LogP contribution in [0, 0.1) is 5.92 Å². The highest BCUT2D eigenvalue weighted by atomic mass is 16.6. The number of nitrogens with one attached hydrogen (secondary N) is 1. The minimum atomic E-state index is -1.29. The Morgan fingerprint density at radius 2 is 2.17 bits per heavy atom. The van der Waals surface area contributed by atoms with Crippen LogP contribution < -0.4 is 11.0 Å². The molecule has 0 bridgehead atoms. The predicted octanol–water partition coefficient (Wildman–Crippen LogP) is -0.506. The van der Waals surface area contributed by atoms with Crippen LogP contribution in [0.5, 0.6) is 0 Å². The van der Waals surface area contributed by atoms with E-state index >= 15 is 0 Å². The number of ether oxygens (including phenoxy) is 2. The third-order valence-electron chi connectivity index (χ3n) is 3.63. The van der Waals surface area contributed by atoms with Crippen molar-refractivity contribution < 1.29 is 24.5 Å². The highest BCUT2D eigenvalue weighted by molar-refractivity contribution is 5.89. The molecule has 1 aromatic rings. The molecule has 1 aliphatic heterocycles. The van der Waals surface area contributed by atoms with Crippen LogP contribution >= 0.6 is 0 Å². The Bertz CT molecular complexity index is 632. The van der Waals surface area contributed by atoms with Crippen molar-refractivity contribution in [3.8, 4) is 0 Å². The monoisotopic (exact) mass is 341 g/mol. The second kappa shape index (κ2) is 7.84. The van der Waals surface area contributed by atoms with Crippen LogP contribution in [-0.2, 0) is 14.3 Å². The summed E-state index contributed by atoms with van der Waals surface area (Å²) in [5, 5.41) is 22.5. The molecule has 0 aromatic carbocycles. The van der Waals surface area contributed by atoms with E-state index in [9.17, 15) is 19.8 Å². The molecule has 0 spiro atoms. The summed E-state index contributed by atoms with van der Waals surface area (Å²) >= 11 is 0. The highest BCUT2D eigenvalue weighted by Crippen LogP contribution is 2.28. The number of nitrogens with zero attached hydrogens (tertiary/aromatic N) is 2. The van der Waals surface area contributed by atoms with E-state index in [1.165, 1.54) is 19.4 Å². The summed E-state index contributed by atoms with van der Waals surface area (Å²) < 4.78 is 11.5. The Labute approximate surface area is 139 Å². The molecule has 1 fully saturated rings. The summed E-state index contributed by atoms with van der Waals surface area (Å²) in [7, 11) is 1.44. The van der Waals surface area contributed by atoms with Crippen LogP contribution in [0.25, 0.3) is 0 Å². The van der Waals surface area contributed by atoms with Gasteiger partial charge >= 0.3 is 5.69 Å². The third kappa shape index (κ3) is 4.18. The van der Waals surface area contributed by atoms with Gasteiger partial charge in [0, 0.05) is 19.7 Å². The maximum Gasteiger partial charge on any atom is 0.351 e. The van der Waals surface area contributed by atoms with Gasteiger partial charge in [0.15, 0.2) is 6.23 Å². The fourth-order valence-electron chi connectivity index (χ4n) is 2.50. The quantitative estimate of drug-likeness (QED) is 0.637. The zero-order valence-corrected chi connectivity index (χ0v) is 13.9. The lowest BCUT2D eigenvalue weighted by Crippen LogP contribution is -2.36. The minimum absolute atomic E-state index is 0.0836. The number of anilines is 1. The number of aliphatic hydroxyl groups excluding tert-OH is 2. The minimum Gasteiger partial charge on any atom is -0.387 e. The van der Waals surface area contributed by atoms with Crippen LogP contribution in [0.4, 0.5) is 5.82 Å². The number of rotatable bonds is 6. The first-order valence-electron chi connectivity index (χ1n) is 7.73. The lowest BCUT2D eigenvalue weighted by Gasteiger charge is -2.17. The van der Waals surface area contributed by atoms with Crippen molar-refractivity contribution in [3.05, 3.63) is 22.7 Å². The molecule has 1 aromatic heterocycles. The lowest BCUT2D eigenvalue weighted by atomic mass is 10.1. The molecule has 2 heterocycles. The van der Waals surface area contributed by atoms with Crippen molar-refractivity contribution in [3.63, 3.8) is 0 Å². The largest absolute Gasteiger partial charge is 0.387 e. The second-order valence-electron chi connectivity index (χ2n) is 6.15. The first-order chi connectivity index (χ1) is 11.3. The maximum atomic E-state index is 12.1. The SMILES string of the molecule is COC[C@H]1O[C@@H](n2ccc(NC(=O)CC(C)C)nc2=O)[C@H](O)C1O. The van der Waals surface area contributed by atoms with E-state index in [-0.39, 0.29) is 24.2 Å². The molecule has 1 saturated heterocycles. The van der Waals surface area contributed by atoms with Gasteiger partial charge in [-0.15, -0.1) is 0 Å². The molecular formula is C15H23N3O6. The number of methoxy groups -OCH3 is 1. The zero-order chi connectivity index (χ0) is 17.9. The molecule has 1 amide bonds. The molecule has 0 radical (unpaired) electrons. The first-order valence-corrected chi connectivity index (χ1v) is 7.73. The van der Waals surface area contributed by atoms with Crippen LogP contribution in [0.1, 0.15) is 26.5 Å². The first kappa shape index (κ1) is 18.5. The van der Waals surface area contributed by atoms with Gasteiger partial charge in [0.2, 0.25) is 5.91 Å². The molecule has 3 N–H and O–H groups in total. The molecule has 24 heavy (non-hydrogen) atoms. The highest BCUT2D eigenvalue weighted by Gasteiger charge is 2.44. The van der Waals surface area contributed by atoms with Crippen molar-refractivity contribution >= 4 is 11.7 Å². The molecule has 0 saturated carbocycles. The number of hydrogen-bond donors (Lipinski definition) is 3. The van der Waals surface area contributed by atoms with Crippen molar-refractivity contribution in [1.29, 1.82) is 0 Å². The number of aromatic nitrogens is 2. The van der Waals surface area contributed by atoms with Gasteiger partial charge in [0.1, 0.15) is 24.1 Å². The molecular weight excluding hydrogens is 318 g/mol. The van der Waals surface area contributed by atoms with Crippen LogP contribution in [0.15, 0.2) is 17.1 Å². The predicted molar refractivity (Wildman–Crippen MR) is 84.4 cm³/mol. The maximum absolute atomic E-state index is 12.1. The Hall–Kier alpha value is -1.81. The van der Waals surface area contributed by atoms with E-state index in [0.717, 1.165) is 4.57 Å². The van der Waals surface area contributed by atoms with Crippen molar-refractivity contribution in [1.82, 2.24) is 9.55 Å². The van der Waals surface area contributed by atoms with Crippen molar-refractivity contribution in [2.45, 2.75) is 44.8 Å². The van der Waals surface area contributed by atoms with E-state index in [1.54, 1.807) is 0 Å². The van der Waals surface area contributed by atoms with Crippen molar-refractivity contribution in [2.75, 3.05) is 19.0 Å². The van der Waals surface area contributed by atoms with Gasteiger partial charge in [-0.05, 0) is 12.0 Å². The standard InChI is InChI=1S/C15H23N3O6/c1-8(2)6-11(19)16-10-4-5-18(15(22)17-10)14-13(21)12(20)9(24-14)7-23-3/h4-5,8-9,12-14,20-21H,6-7H2,1-3H3,(H,16,17,19,22)/t9-,12?,13-,14-/m1/s1. The number of carbonyl (C=O) groups excluding carboxylic acids is 1. The topological polar surface area (TPSA) is 123 Å². The Morgan fingerprint density at radius 1 is 1.46 bits per heavy atom. The summed E-state index contributed by atoms with van der Waals surface area (Å²) in [6, 6.07) is 1.44. The van der Waals surface area contributed by atoms with Gasteiger partial charge in [-0.25, -0.2) is 4.79 Å². The van der Waals surface area contributed by atoms with E-state index in [1.807, 2.05) is 13.8 Å². The van der Waals surface area contributed by atoms with Crippen LogP contribution in [0.3, 0.4) is 0 Å². The van der Waals surface area contributed by atoms with Crippen molar-refractivity contribution in [2.24, 2.45) is 5.92 Å². The van der Waals surface area contributed by atoms with E-state index < -0.39 is 30.2 Å². The third-order valence-corrected chi connectivity index (χ3v) is 3.63. The average molecular weight is 341 g/mol. The normalized spacial score (nSPS) is 26.8. The van der Waals surface area contributed by atoms with Gasteiger partial charge in [0.25, 0.3) is 0 Å². The molecule has 9 heteroatoms. The summed E-state index contributed by atoms with van der Waals surface area (Å²) in [5.74, 6) is 0.0809. The summed E-state index contributed by atoms with van der Waals surface area (Å²) in [6.45, 7) is 3.90. The molecule has 0 aliphatic carbocycles. The number of hydrogen-bond acceptors (Lipinski definition) is 7. The van der Waals surface area contributed by atoms with E-state index in [4.69, 9.17) is 9.47 Å². The molecule has 134 valence electrons. The molecule has 4 atom stereocenters. The summed E-state index contributed by atoms with van der Waals surface area (Å²) in [5.41, 5.74) is -0.702. The summed E-state index contributed by atoms with van der Waals surface area (Å²) in [4.78, 5) is 27.6. The van der Waals surface area contributed by atoms with Gasteiger partial charge < -0.3 is 25.0 Å². The molecule has 1 aliphatic rings. The second-order valence-corrected chi connectivity index (χ2v) is 6.15. The fourth-order valence-corrected chi connectivity index (χ4v) is 2.50. The average Bonchev–Trinajstić information content (AvgIpc) is 2.75. The van der Waals surface area contributed by atoms with Gasteiger partial charge in [-0.2, -0.15) is 4.98 Å². The Morgan fingerprint density at radius 3 is 2.75 bits per heavy atom. The number of carbonyl (C=O) groups is 1. The molecule has 9 nitrogen and oxygen atoms in total. The van der Waals surface area contributed by atoms with Crippen LogP contribution in [0.2, 0.25) is 0 Å². The molecule has 1 unspecified atom stereocenters. The van der Waals surface area contributed by atoms with E-state index in [2.05, 4.69) is 10.3 Å². The Balaban J connectivity index is 2.13. The lowest BCUT2D eigenvalue weighted by molar-refractivity contribution is -0.116. The van der Waals surface area contributed by atoms with E-state index in [0.29, 0.717) is 6.42 Å². The van der Waals surface area contributed by atoms with Gasteiger partial charge in [0.05, 0.1) is 6.61 Å². The fraction of sp³-hybridized carbons (Fsp3) is 0.667. The molecule has 2 rings (SSSR count). The smallest absolute Gasteiger partial charge is 0.351 e. The number of aliphatic hydroxyl groups is 2. The summed E-state index contributed by atoms with van der Waals surface area (Å²) in [6.07, 6.45) is -2.60. The van der Waals surface area contributed by atoms with Crippen LogP contribution in [-0.4, -0.2) is 57.7 Å². The number of amides is 1. The Kier molecular flexibility index (Phi) is 6.05. The zero-order valence-electron chi connectivity index (χ0n) is 13.9. The van der Waals surface area contributed by atoms with Gasteiger partial charge in [-0.3, -0.25) is 9.36 Å². The van der Waals surface area contributed by atoms with Gasteiger partial charge in [-0.1, -0.05) is 13.8 Å².